The SMILES string of the molecule is CCn1cc(C(NN)c2ccccc2C)cn1. The normalized spacial score (nSPS) is 12.6. The Balaban J connectivity index is 2.36. The lowest BCUT2D eigenvalue weighted by Crippen LogP contribution is -2.29. The van der Waals surface area contributed by atoms with Gasteiger partial charge < -0.3 is 0 Å². The van der Waals surface area contributed by atoms with Gasteiger partial charge >= 0.3 is 0 Å². The number of hydrogen-bond donors (Lipinski definition) is 2. The summed E-state index contributed by atoms with van der Waals surface area (Å²) >= 11 is 0. The van der Waals surface area contributed by atoms with Gasteiger partial charge in [0.05, 0.1) is 12.2 Å². The molecule has 17 heavy (non-hydrogen) atoms. The third-order valence-electron chi connectivity index (χ3n) is 2.98. The zero-order chi connectivity index (χ0) is 12.3. The molecule has 1 aromatic heterocycles. The Hall–Kier alpha value is -1.65. The van der Waals surface area contributed by atoms with Gasteiger partial charge in [-0.2, -0.15) is 5.10 Å². The van der Waals surface area contributed by atoms with Gasteiger partial charge in [0.1, 0.15) is 0 Å². The Morgan fingerprint density at radius 2 is 2.18 bits per heavy atom. The molecular weight excluding hydrogens is 212 g/mol. The fourth-order valence-corrected chi connectivity index (χ4v) is 1.98. The van der Waals surface area contributed by atoms with E-state index in [1.54, 1.807) is 0 Å². The largest absolute Gasteiger partial charge is 0.273 e. The van der Waals surface area contributed by atoms with E-state index in [-0.39, 0.29) is 6.04 Å². The van der Waals surface area contributed by atoms with Crippen molar-refractivity contribution in [1.29, 1.82) is 0 Å². The predicted molar refractivity (Wildman–Crippen MR) is 68.2 cm³/mol. The molecule has 90 valence electrons. The van der Waals surface area contributed by atoms with Crippen LogP contribution in [0.3, 0.4) is 0 Å². The van der Waals surface area contributed by atoms with E-state index in [1.807, 2.05) is 29.2 Å². The summed E-state index contributed by atoms with van der Waals surface area (Å²) in [5, 5.41) is 4.28. The Labute approximate surface area is 101 Å². The number of aromatic nitrogens is 2. The van der Waals surface area contributed by atoms with E-state index in [2.05, 4.69) is 36.5 Å². The van der Waals surface area contributed by atoms with Gasteiger partial charge in [-0.05, 0) is 25.0 Å². The average molecular weight is 230 g/mol. The number of rotatable bonds is 4. The summed E-state index contributed by atoms with van der Waals surface area (Å²) in [5.74, 6) is 5.67. The lowest BCUT2D eigenvalue weighted by molar-refractivity contribution is 0.627. The van der Waals surface area contributed by atoms with Gasteiger partial charge in [0.25, 0.3) is 0 Å². The minimum atomic E-state index is -0.00324. The molecule has 1 atom stereocenters. The molecule has 0 spiro atoms. The van der Waals surface area contributed by atoms with Crippen LogP contribution in [0, 0.1) is 6.92 Å². The second-order valence-electron chi connectivity index (χ2n) is 4.09. The van der Waals surface area contributed by atoms with Crippen LogP contribution in [-0.4, -0.2) is 9.78 Å². The fourth-order valence-electron chi connectivity index (χ4n) is 1.98. The minimum Gasteiger partial charge on any atom is -0.273 e. The standard InChI is InChI=1S/C13H18N4/c1-3-17-9-11(8-15-17)13(16-14)12-7-5-4-6-10(12)2/h4-9,13,16H,3,14H2,1-2H3. The van der Waals surface area contributed by atoms with Crippen LogP contribution in [-0.2, 0) is 6.54 Å². The first kappa shape index (κ1) is 11.8. The van der Waals surface area contributed by atoms with Crippen LogP contribution in [0.1, 0.15) is 29.7 Å². The van der Waals surface area contributed by atoms with E-state index < -0.39 is 0 Å². The molecule has 0 saturated heterocycles. The monoisotopic (exact) mass is 230 g/mol. The van der Waals surface area contributed by atoms with Gasteiger partial charge in [-0.3, -0.25) is 10.5 Å². The highest BCUT2D eigenvalue weighted by Crippen LogP contribution is 2.23. The Morgan fingerprint density at radius 1 is 1.41 bits per heavy atom. The summed E-state index contributed by atoms with van der Waals surface area (Å²) in [6, 6.07) is 8.22. The second-order valence-corrected chi connectivity index (χ2v) is 4.09. The second kappa shape index (κ2) is 5.12. The molecule has 1 unspecified atom stereocenters. The first-order valence-electron chi connectivity index (χ1n) is 5.80. The smallest absolute Gasteiger partial charge is 0.0743 e. The summed E-state index contributed by atoms with van der Waals surface area (Å²) in [4.78, 5) is 0. The van der Waals surface area contributed by atoms with Gasteiger partial charge in [0, 0.05) is 18.3 Å². The summed E-state index contributed by atoms with van der Waals surface area (Å²) < 4.78 is 1.90. The third-order valence-corrected chi connectivity index (χ3v) is 2.98. The number of hydrogen-bond acceptors (Lipinski definition) is 3. The van der Waals surface area contributed by atoms with Crippen molar-refractivity contribution in [2.24, 2.45) is 5.84 Å². The summed E-state index contributed by atoms with van der Waals surface area (Å²) in [6.45, 7) is 5.02. The summed E-state index contributed by atoms with van der Waals surface area (Å²) in [6.07, 6.45) is 3.89. The molecule has 3 N–H and O–H groups in total. The number of nitrogens with one attached hydrogen (secondary N) is 1. The van der Waals surface area contributed by atoms with Crippen molar-refractivity contribution in [3.63, 3.8) is 0 Å². The van der Waals surface area contributed by atoms with Gasteiger partial charge in [0.2, 0.25) is 0 Å². The fraction of sp³-hybridized carbons (Fsp3) is 0.308. The topological polar surface area (TPSA) is 55.9 Å². The van der Waals surface area contributed by atoms with Gasteiger partial charge in [-0.25, -0.2) is 5.43 Å². The lowest BCUT2D eigenvalue weighted by atomic mass is 9.98. The number of aryl methyl sites for hydroxylation is 2. The maximum absolute atomic E-state index is 5.67. The summed E-state index contributed by atoms with van der Waals surface area (Å²) in [5.41, 5.74) is 6.35. The molecular formula is C13H18N4. The quantitative estimate of drug-likeness (QED) is 0.621. The zero-order valence-corrected chi connectivity index (χ0v) is 10.2. The molecule has 0 aliphatic carbocycles. The van der Waals surface area contributed by atoms with Crippen molar-refractivity contribution in [3.05, 3.63) is 53.3 Å². The van der Waals surface area contributed by atoms with Crippen molar-refractivity contribution in [3.8, 4) is 0 Å². The minimum absolute atomic E-state index is 0.00324. The van der Waals surface area contributed by atoms with Crippen LogP contribution in [0.4, 0.5) is 0 Å². The van der Waals surface area contributed by atoms with E-state index >= 15 is 0 Å². The molecule has 1 heterocycles. The molecule has 0 aliphatic heterocycles. The average Bonchev–Trinajstić information content (AvgIpc) is 2.81. The van der Waals surface area contributed by atoms with E-state index in [4.69, 9.17) is 5.84 Å². The number of hydrazine groups is 1. The highest BCUT2D eigenvalue weighted by atomic mass is 15.3. The molecule has 0 aliphatic rings. The predicted octanol–water partition coefficient (Wildman–Crippen LogP) is 1.76. The van der Waals surface area contributed by atoms with E-state index in [1.165, 1.54) is 11.1 Å². The van der Waals surface area contributed by atoms with Gasteiger partial charge in [0.15, 0.2) is 0 Å². The molecule has 1 aromatic carbocycles. The maximum Gasteiger partial charge on any atom is 0.0743 e. The molecule has 4 heteroatoms. The van der Waals surface area contributed by atoms with Crippen molar-refractivity contribution < 1.29 is 0 Å². The van der Waals surface area contributed by atoms with Gasteiger partial charge in [-0.1, -0.05) is 24.3 Å². The van der Waals surface area contributed by atoms with Crippen molar-refractivity contribution in [2.75, 3.05) is 0 Å². The zero-order valence-electron chi connectivity index (χ0n) is 10.2. The first-order chi connectivity index (χ1) is 8.26. The Morgan fingerprint density at radius 3 is 2.76 bits per heavy atom. The van der Waals surface area contributed by atoms with Crippen molar-refractivity contribution in [1.82, 2.24) is 15.2 Å². The molecule has 0 saturated carbocycles. The molecule has 0 amide bonds. The molecule has 4 nitrogen and oxygen atoms in total. The summed E-state index contributed by atoms with van der Waals surface area (Å²) in [7, 11) is 0. The molecule has 0 fully saturated rings. The molecule has 0 bridgehead atoms. The van der Waals surface area contributed by atoms with Crippen LogP contribution in [0.2, 0.25) is 0 Å². The van der Waals surface area contributed by atoms with E-state index in [9.17, 15) is 0 Å². The molecule has 2 aromatic rings. The molecule has 0 radical (unpaired) electrons. The third kappa shape index (κ3) is 2.38. The van der Waals surface area contributed by atoms with E-state index in [0.29, 0.717) is 0 Å². The number of nitrogens with zero attached hydrogens (tertiary/aromatic N) is 2. The highest BCUT2D eigenvalue weighted by molar-refractivity contribution is 5.34. The van der Waals surface area contributed by atoms with Crippen LogP contribution in [0.15, 0.2) is 36.7 Å². The Bertz CT molecular complexity index is 490. The molecule has 2 rings (SSSR count). The van der Waals surface area contributed by atoms with Gasteiger partial charge in [-0.15, -0.1) is 0 Å². The van der Waals surface area contributed by atoms with E-state index in [0.717, 1.165) is 12.1 Å². The maximum atomic E-state index is 5.67. The van der Waals surface area contributed by atoms with Crippen molar-refractivity contribution >= 4 is 0 Å². The van der Waals surface area contributed by atoms with Crippen molar-refractivity contribution in [2.45, 2.75) is 26.4 Å². The Kier molecular flexibility index (Phi) is 3.56. The van der Waals surface area contributed by atoms with Crippen LogP contribution < -0.4 is 11.3 Å². The highest BCUT2D eigenvalue weighted by Gasteiger charge is 2.15. The number of benzene rings is 1. The number of nitrogens with two attached hydrogens (primary N) is 1. The first-order valence-corrected chi connectivity index (χ1v) is 5.80. The van der Waals surface area contributed by atoms with Crippen LogP contribution in [0.25, 0.3) is 0 Å². The van der Waals surface area contributed by atoms with Crippen LogP contribution >= 0.6 is 0 Å². The lowest BCUT2D eigenvalue weighted by Gasteiger charge is -2.16. The van der Waals surface area contributed by atoms with Crippen LogP contribution in [0.5, 0.6) is 0 Å².